The number of thioether (sulfide) groups is 1. The predicted octanol–water partition coefficient (Wildman–Crippen LogP) is 3.45. The van der Waals surface area contributed by atoms with Crippen LogP contribution in [0.1, 0.15) is 5.56 Å². The molecular formula is C17H15FN4OS. The van der Waals surface area contributed by atoms with Crippen molar-refractivity contribution in [1.82, 2.24) is 14.8 Å². The topological polar surface area (TPSA) is 59.8 Å². The van der Waals surface area contributed by atoms with E-state index < -0.39 is 0 Å². The Morgan fingerprint density at radius 2 is 2.04 bits per heavy atom. The Labute approximate surface area is 142 Å². The van der Waals surface area contributed by atoms with Crippen molar-refractivity contribution < 1.29 is 9.18 Å². The Balaban J connectivity index is 1.64. The van der Waals surface area contributed by atoms with Gasteiger partial charge >= 0.3 is 0 Å². The summed E-state index contributed by atoms with van der Waals surface area (Å²) in [5.74, 6) is -0.468. The zero-order valence-corrected chi connectivity index (χ0v) is 13.8. The number of hydrogen-bond donors (Lipinski definition) is 1. The number of aryl methyl sites for hydroxylation is 1. The van der Waals surface area contributed by atoms with Gasteiger partial charge in [0.05, 0.1) is 5.75 Å². The second-order valence-corrected chi connectivity index (χ2v) is 6.11. The maximum absolute atomic E-state index is 13.1. The molecule has 0 saturated heterocycles. The van der Waals surface area contributed by atoms with E-state index in [0.29, 0.717) is 10.8 Å². The van der Waals surface area contributed by atoms with Crippen molar-refractivity contribution in [3.05, 3.63) is 66.2 Å². The van der Waals surface area contributed by atoms with Crippen molar-refractivity contribution in [2.24, 2.45) is 0 Å². The largest absolute Gasteiger partial charge is 0.325 e. The highest BCUT2D eigenvalue weighted by Crippen LogP contribution is 2.20. The molecule has 3 rings (SSSR count). The van der Waals surface area contributed by atoms with Crippen LogP contribution in [0.4, 0.5) is 10.1 Å². The maximum Gasteiger partial charge on any atom is 0.234 e. The lowest BCUT2D eigenvalue weighted by atomic mass is 10.2. The smallest absolute Gasteiger partial charge is 0.234 e. The molecule has 0 unspecified atom stereocenters. The standard InChI is InChI=1S/C17H15FN4OS/c1-12-5-7-15(8-6-12)22-11-19-21-17(22)24-10-16(23)20-14-4-2-3-13(18)9-14/h2-9,11H,10H2,1H3,(H,20,23). The first kappa shape index (κ1) is 16.2. The first-order valence-corrected chi connectivity index (χ1v) is 8.26. The summed E-state index contributed by atoms with van der Waals surface area (Å²) in [5, 5.41) is 11.2. The van der Waals surface area contributed by atoms with Crippen LogP contribution in [0.25, 0.3) is 5.69 Å². The summed E-state index contributed by atoms with van der Waals surface area (Å²) < 4.78 is 14.9. The summed E-state index contributed by atoms with van der Waals surface area (Å²) >= 11 is 1.27. The van der Waals surface area contributed by atoms with Gasteiger partial charge in [0.25, 0.3) is 0 Å². The van der Waals surface area contributed by atoms with Crippen molar-refractivity contribution in [3.63, 3.8) is 0 Å². The minimum absolute atomic E-state index is 0.154. The molecule has 1 heterocycles. The van der Waals surface area contributed by atoms with Crippen LogP contribution in [0.3, 0.4) is 0 Å². The number of carbonyl (C=O) groups excluding carboxylic acids is 1. The van der Waals surface area contributed by atoms with E-state index in [9.17, 15) is 9.18 Å². The van der Waals surface area contributed by atoms with Gasteiger partial charge in [-0.25, -0.2) is 4.39 Å². The molecule has 24 heavy (non-hydrogen) atoms. The molecule has 7 heteroatoms. The molecule has 0 spiro atoms. The number of rotatable bonds is 5. The lowest BCUT2D eigenvalue weighted by Gasteiger charge is -2.07. The highest BCUT2D eigenvalue weighted by atomic mass is 32.2. The minimum Gasteiger partial charge on any atom is -0.325 e. The van der Waals surface area contributed by atoms with E-state index in [1.54, 1.807) is 18.5 Å². The van der Waals surface area contributed by atoms with Gasteiger partial charge in [-0.2, -0.15) is 0 Å². The molecule has 0 aliphatic heterocycles. The normalized spacial score (nSPS) is 10.6. The lowest BCUT2D eigenvalue weighted by Crippen LogP contribution is -2.14. The molecule has 3 aromatic rings. The Kier molecular flexibility index (Phi) is 4.90. The fourth-order valence-corrected chi connectivity index (χ4v) is 2.83. The third kappa shape index (κ3) is 3.99. The average molecular weight is 342 g/mol. The number of aromatic nitrogens is 3. The van der Waals surface area contributed by atoms with Crippen LogP contribution in [-0.2, 0) is 4.79 Å². The molecule has 0 fully saturated rings. The molecule has 0 bridgehead atoms. The van der Waals surface area contributed by atoms with Crippen LogP contribution in [0, 0.1) is 12.7 Å². The third-order valence-corrected chi connectivity index (χ3v) is 4.21. The Morgan fingerprint density at radius 3 is 2.79 bits per heavy atom. The van der Waals surface area contributed by atoms with Crippen molar-refractivity contribution in [2.75, 3.05) is 11.1 Å². The number of amides is 1. The summed E-state index contributed by atoms with van der Waals surface area (Å²) in [6.45, 7) is 2.02. The maximum atomic E-state index is 13.1. The zero-order chi connectivity index (χ0) is 16.9. The monoisotopic (exact) mass is 342 g/mol. The minimum atomic E-state index is -0.389. The second-order valence-electron chi connectivity index (χ2n) is 5.17. The van der Waals surface area contributed by atoms with Crippen molar-refractivity contribution in [3.8, 4) is 5.69 Å². The quantitative estimate of drug-likeness (QED) is 0.722. The highest BCUT2D eigenvalue weighted by Gasteiger charge is 2.10. The molecule has 0 radical (unpaired) electrons. The Bertz CT molecular complexity index is 848. The molecule has 2 aromatic carbocycles. The van der Waals surface area contributed by atoms with E-state index >= 15 is 0 Å². The number of benzene rings is 2. The van der Waals surface area contributed by atoms with Gasteiger partial charge in [0.15, 0.2) is 5.16 Å². The second kappa shape index (κ2) is 7.27. The number of halogens is 1. The molecule has 5 nitrogen and oxygen atoms in total. The van der Waals surface area contributed by atoms with Gasteiger partial charge in [-0.3, -0.25) is 9.36 Å². The Hall–Kier alpha value is -2.67. The van der Waals surface area contributed by atoms with Gasteiger partial charge < -0.3 is 5.32 Å². The molecule has 1 amide bonds. The third-order valence-electron chi connectivity index (χ3n) is 3.27. The summed E-state index contributed by atoms with van der Waals surface area (Å²) in [5.41, 5.74) is 2.52. The number of hydrogen-bond acceptors (Lipinski definition) is 4. The first-order valence-electron chi connectivity index (χ1n) is 7.27. The van der Waals surface area contributed by atoms with Crippen LogP contribution in [0.15, 0.2) is 60.0 Å². The molecular weight excluding hydrogens is 327 g/mol. The van der Waals surface area contributed by atoms with Gasteiger partial charge in [0.1, 0.15) is 12.1 Å². The summed E-state index contributed by atoms with van der Waals surface area (Å²) in [6, 6.07) is 13.7. The highest BCUT2D eigenvalue weighted by molar-refractivity contribution is 7.99. The van der Waals surface area contributed by atoms with Gasteiger partial charge in [-0.15, -0.1) is 10.2 Å². The van der Waals surface area contributed by atoms with Crippen molar-refractivity contribution in [1.29, 1.82) is 0 Å². The number of nitrogens with zero attached hydrogens (tertiary/aromatic N) is 3. The zero-order valence-electron chi connectivity index (χ0n) is 12.9. The van der Waals surface area contributed by atoms with Crippen LogP contribution in [0.2, 0.25) is 0 Å². The summed E-state index contributed by atoms with van der Waals surface area (Å²) in [4.78, 5) is 12.0. The van der Waals surface area contributed by atoms with E-state index in [4.69, 9.17) is 0 Å². The summed E-state index contributed by atoms with van der Waals surface area (Å²) in [7, 11) is 0. The van der Waals surface area contributed by atoms with Gasteiger partial charge in [-0.05, 0) is 37.3 Å². The van der Waals surface area contributed by atoms with E-state index in [2.05, 4.69) is 15.5 Å². The first-order chi connectivity index (χ1) is 11.6. The van der Waals surface area contributed by atoms with Crippen LogP contribution in [0.5, 0.6) is 0 Å². The molecule has 0 aliphatic carbocycles. The lowest BCUT2D eigenvalue weighted by molar-refractivity contribution is -0.113. The van der Waals surface area contributed by atoms with Crippen LogP contribution < -0.4 is 5.32 Å². The molecule has 1 N–H and O–H groups in total. The van der Waals surface area contributed by atoms with E-state index in [0.717, 1.165) is 11.3 Å². The van der Waals surface area contributed by atoms with Crippen molar-refractivity contribution in [2.45, 2.75) is 12.1 Å². The molecule has 122 valence electrons. The molecule has 0 atom stereocenters. The fraction of sp³-hybridized carbons (Fsp3) is 0.118. The van der Waals surface area contributed by atoms with Crippen molar-refractivity contribution >= 4 is 23.4 Å². The van der Waals surface area contributed by atoms with Crippen LogP contribution >= 0.6 is 11.8 Å². The van der Waals surface area contributed by atoms with Gasteiger partial charge in [-0.1, -0.05) is 35.5 Å². The fourth-order valence-electron chi connectivity index (χ4n) is 2.10. The van der Waals surface area contributed by atoms with Crippen LogP contribution in [-0.4, -0.2) is 26.4 Å². The Morgan fingerprint density at radius 1 is 1.25 bits per heavy atom. The number of anilines is 1. The van der Waals surface area contributed by atoms with Gasteiger partial charge in [0, 0.05) is 11.4 Å². The average Bonchev–Trinajstić information content (AvgIpc) is 3.02. The molecule has 1 aromatic heterocycles. The van der Waals surface area contributed by atoms with E-state index in [1.807, 2.05) is 35.8 Å². The van der Waals surface area contributed by atoms with E-state index in [1.165, 1.54) is 23.9 Å². The molecule has 0 aliphatic rings. The molecule has 0 saturated carbocycles. The van der Waals surface area contributed by atoms with E-state index in [-0.39, 0.29) is 17.5 Å². The SMILES string of the molecule is Cc1ccc(-n2cnnc2SCC(=O)Nc2cccc(F)c2)cc1. The van der Waals surface area contributed by atoms with Gasteiger partial charge in [0.2, 0.25) is 5.91 Å². The predicted molar refractivity (Wildman–Crippen MR) is 91.8 cm³/mol. The summed E-state index contributed by atoms with van der Waals surface area (Å²) in [6.07, 6.45) is 1.61. The number of nitrogens with one attached hydrogen (secondary N) is 1. The number of carbonyl (C=O) groups is 1.